The van der Waals surface area contributed by atoms with Crippen LogP contribution >= 0.6 is 12.2 Å². The number of benzene rings is 1. The molecule has 4 rings (SSSR count). The predicted octanol–water partition coefficient (Wildman–Crippen LogP) is 2.95. The van der Waals surface area contributed by atoms with Gasteiger partial charge in [0.2, 0.25) is 10.0 Å². The number of aliphatic hydroxyl groups is 2. The van der Waals surface area contributed by atoms with Gasteiger partial charge in [0.15, 0.2) is 5.60 Å². The van der Waals surface area contributed by atoms with Crippen molar-refractivity contribution in [3.8, 4) is 0 Å². The molecule has 1 aliphatic carbocycles. The predicted molar refractivity (Wildman–Crippen MR) is 140 cm³/mol. The Morgan fingerprint density at radius 1 is 1.08 bits per heavy atom. The van der Waals surface area contributed by atoms with E-state index in [4.69, 9.17) is 12.2 Å². The highest BCUT2D eigenvalue weighted by molar-refractivity contribution is 7.96. The van der Waals surface area contributed by atoms with Gasteiger partial charge in [-0.05, 0) is 43.5 Å². The van der Waals surface area contributed by atoms with E-state index in [9.17, 15) is 31.8 Å². The highest BCUT2D eigenvalue weighted by Crippen LogP contribution is 2.39. The molecule has 204 valence electrons. The number of likely N-dealkylation sites (tertiary alicyclic amines) is 1. The molecule has 0 amide bonds. The van der Waals surface area contributed by atoms with Crippen LogP contribution in [0.15, 0.2) is 47.4 Å². The molecule has 0 bridgehead atoms. The first-order valence-corrected chi connectivity index (χ1v) is 14.1. The van der Waals surface area contributed by atoms with Gasteiger partial charge in [0, 0.05) is 56.2 Å². The van der Waals surface area contributed by atoms with Crippen LogP contribution in [-0.2, 0) is 15.6 Å². The molecule has 0 radical (unpaired) electrons. The molecule has 0 spiro atoms. The molecule has 1 unspecified atom stereocenters. The van der Waals surface area contributed by atoms with Crippen LogP contribution in [0.5, 0.6) is 0 Å². The van der Waals surface area contributed by atoms with Gasteiger partial charge in [-0.3, -0.25) is 0 Å². The van der Waals surface area contributed by atoms with E-state index in [-0.39, 0.29) is 35.7 Å². The third kappa shape index (κ3) is 5.94. The lowest BCUT2D eigenvalue weighted by Gasteiger charge is -2.45. The molecule has 2 atom stereocenters. The number of piperidine rings is 1. The molecule has 2 saturated heterocycles. The first kappa shape index (κ1) is 28.2. The van der Waals surface area contributed by atoms with Gasteiger partial charge >= 0.3 is 6.18 Å². The lowest BCUT2D eigenvalue weighted by molar-refractivity contribution is -0.258. The van der Waals surface area contributed by atoms with E-state index in [1.54, 1.807) is 6.08 Å². The minimum atomic E-state index is -4.82. The number of hydrogen-bond donors (Lipinski definition) is 2. The zero-order valence-electron chi connectivity index (χ0n) is 20.6. The Labute approximate surface area is 220 Å². The number of aliphatic hydroxyl groups excluding tert-OH is 1. The van der Waals surface area contributed by atoms with E-state index in [1.165, 1.54) is 34.6 Å². The molecule has 7 nitrogen and oxygen atoms in total. The van der Waals surface area contributed by atoms with Gasteiger partial charge in [-0.15, -0.1) is 0 Å². The summed E-state index contributed by atoms with van der Waals surface area (Å²) in [5.74, 6) is 0. The van der Waals surface area contributed by atoms with Gasteiger partial charge in [0.25, 0.3) is 0 Å². The summed E-state index contributed by atoms with van der Waals surface area (Å²) in [5, 5.41) is 19.9. The first-order valence-electron chi connectivity index (χ1n) is 12.3. The van der Waals surface area contributed by atoms with Crippen molar-refractivity contribution < 1.29 is 31.8 Å². The fourth-order valence-corrected chi connectivity index (χ4v) is 7.05. The Morgan fingerprint density at radius 3 is 2.32 bits per heavy atom. The highest BCUT2D eigenvalue weighted by atomic mass is 32.2. The molecule has 12 heteroatoms. The summed E-state index contributed by atoms with van der Waals surface area (Å²) >= 11 is 5.32. The van der Waals surface area contributed by atoms with E-state index in [0.717, 1.165) is 6.92 Å². The Morgan fingerprint density at radius 2 is 1.73 bits per heavy atom. The molecule has 2 heterocycles. The maximum atomic E-state index is 13.5. The van der Waals surface area contributed by atoms with Gasteiger partial charge in [0.05, 0.1) is 17.1 Å². The largest absolute Gasteiger partial charge is 0.421 e. The van der Waals surface area contributed by atoms with Crippen LogP contribution in [0.4, 0.5) is 18.9 Å². The number of sulfonamides is 1. The maximum absolute atomic E-state index is 13.5. The van der Waals surface area contributed by atoms with E-state index >= 15 is 0 Å². The second-order valence-electron chi connectivity index (χ2n) is 9.95. The first-order chi connectivity index (χ1) is 17.3. The van der Waals surface area contributed by atoms with Gasteiger partial charge in [-0.2, -0.15) is 17.5 Å². The number of nitrogens with zero attached hydrogens (tertiary/aromatic N) is 3. The molecule has 0 aromatic heterocycles. The summed E-state index contributed by atoms with van der Waals surface area (Å²) in [4.78, 5) is 4.70. The average molecular weight is 560 g/mol. The van der Waals surface area contributed by atoms with E-state index in [2.05, 4.69) is 4.90 Å². The summed E-state index contributed by atoms with van der Waals surface area (Å²) in [7, 11) is -3.81. The Kier molecular flexibility index (Phi) is 8.18. The van der Waals surface area contributed by atoms with Gasteiger partial charge in [-0.1, -0.05) is 36.5 Å². The molecular weight excluding hydrogens is 527 g/mol. The minimum Gasteiger partial charge on any atom is -0.393 e. The Balaban J connectivity index is 1.59. The smallest absolute Gasteiger partial charge is 0.393 e. The molecule has 2 aliphatic heterocycles. The summed E-state index contributed by atoms with van der Waals surface area (Å²) < 4.78 is 68.2. The minimum absolute atomic E-state index is 0.136. The second kappa shape index (κ2) is 10.7. The average Bonchev–Trinajstić information content (AvgIpc) is 2.85. The van der Waals surface area contributed by atoms with Crippen LogP contribution < -0.4 is 4.90 Å². The third-order valence-corrected chi connectivity index (χ3v) is 9.83. The molecule has 2 N–H and O–H groups in total. The van der Waals surface area contributed by atoms with Crippen molar-refractivity contribution in [2.24, 2.45) is 0 Å². The molecule has 3 aliphatic rings. The topological polar surface area (TPSA) is 84.3 Å². The highest BCUT2D eigenvalue weighted by Gasteiger charge is 2.51. The van der Waals surface area contributed by atoms with Crippen molar-refractivity contribution in [1.29, 1.82) is 0 Å². The van der Waals surface area contributed by atoms with Gasteiger partial charge in [0.1, 0.15) is 0 Å². The normalized spacial score (nSPS) is 24.7. The summed E-state index contributed by atoms with van der Waals surface area (Å²) in [6.07, 6.45) is 1.51. The van der Waals surface area contributed by atoms with Crippen molar-refractivity contribution in [1.82, 2.24) is 9.21 Å². The lowest BCUT2D eigenvalue weighted by atomic mass is 9.95. The fourth-order valence-electron chi connectivity index (χ4n) is 4.98. The van der Waals surface area contributed by atoms with Crippen LogP contribution in [0, 0.1) is 0 Å². The zero-order chi connectivity index (χ0) is 27.0. The standard InChI is InChI=1S/C25H32F3N3O4S2/c1-24(33,25(26,27)28)18-6-8-19(9-7-18)31-15-14-30(37(34,35)23-5-3-2-4-22(23)36)17-20(31)16-29-12-10-21(32)11-13-29/h2-3,5-9,20-21,32-33H,4,10-17H2,1H3/t20-,24?/m0/s1. The van der Waals surface area contributed by atoms with Crippen LogP contribution in [0.3, 0.4) is 0 Å². The van der Waals surface area contributed by atoms with Crippen LogP contribution in [-0.4, -0.2) is 90.3 Å². The number of halogens is 3. The van der Waals surface area contributed by atoms with Gasteiger partial charge < -0.3 is 20.0 Å². The maximum Gasteiger partial charge on any atom is 0.421 e. The number of anilines is 1. The van der Waals surface area contributed by atoms with Crippen LogP contribution in [0.2, 0.25) is 0 Å². The Bertz CT molecular complexity index is 1160. The summed E-state index contributed by atoms with van der Waals surface area (Å²) in [5.41, 5.74) is -2.60. The van der Waals surface area contributed by atoms with Gasteiger partial charge in [-0.25, -0.2) is 8.42 Å². The fraction of sp³-hybridized carbons (Fsp3) is 0.560. The quantitative estimate of drug-likeness (QED) is 0.519. The number of thiocarbonyl (C=S) groups is 1. The van der Waals surface area contributed by atoms with Crippen molar-refractivity contribution in [3.63, 3.8) is 0 Å². The molecule has 2 fully saturated rings. The van der Waals surface area contributed by atoms with E-state index in [1.807, 2.05) is 11.0 Å². The number of hydrogen-bond acceptors (Lipinski definition) is 7. The van der Waals surface area contributed by atoms with Crippen molar-refractivity contribution in [3.05, 3.63) is 53.0 Å². The Hall–Kier alpha value is -1.83. The molecule has 1 aromatic rings. The SMILES string of the molecule is CC(O)(c1ccc(N2CCN(S(=O)(=O)C3=CC=CCC3=S)C[C@@H]2CN2CCC(O)CC2)cc1)C(F)(F)F. The van der Waals surface area contributed by atoms with Crippen molar-refractivity contribution in [2.75, 3.05) is 44.2 Å². The number of rotatable bonds is 6. The lowest BCUT2D eigenvalue weighted by Crippen LogP contribution is -2.59. The number of alkyl halides is 3. The van der Waals surface area contributed by atoms with E-state index < -0.39 is 21.8 Å². The summed E-state index contributed by atoms with van der Waals surface area (Å²) in [6.45, 7) is 3.32. The molecule has 1 aromatic carbocycles. The van der Waals surface area contributed by atoms with E-state index in [0.29, 0.717) is 56.0 Å². The number of piperazine rings is 1. The van der Waals surface area contributed by atoms with Crippen molar-refractivity contribution >= 4 is 32.8 Å². The molecule has 0 saturated carbocycles. The monoisotopic (exact) mass is 559 g/mol. The van der Waals surface area contributed by atoms with Crippen molar-refractivity contribution in [2.45, 2.75) is 50.1 Å². The second-order valence-corrected chi connectivity index (χ2v) is 12.3. The molecular formula is C25H32F3N3O4S2. The summed E-state index contributed by atoms with van der Waals surface area (Å²) in [6, 6.07) is 5.32. The third-order valence-electron chi connectivity index (χ3n) is 7.36. The van der Waals surface area contributed by atoms with Crippen LogP contribution in [0.25, 0.3) is 0 Å². The van der Waals surface area contributed by atoms with Crippen LogP contribution in [0.1, 0.15) is 31.7 Å². The molecule has 37 heavy (non-hydrogen) atoms. The number of allylic oxidation sites excluding steroid dienone is 4. The zero-order valence-corrected chi connectivity index (χ0v) is 22.2.